The summed E-state index contributed by atoms with van der Waals surface area (Å²) in [7, 11) is 0. The number of aromatic nitrogens is 3. The summed E-state index contributed by atoms with van der Waals surface area (Å²) in [4.78, 5) is 11.6. The zero-order valence-corrected chi connectivity index (χ0v) is 21.9. The average molecular weight is 521 g/mol. The van der Waals surface area contributed by atoms with Gasteiger partial charge in [0.2, 0.25) is 0 Å². The van der Waals surface area contributed by atoms with E-state index in [4.69, 9.17) is 5.73 Å². The van der Waals surface area contributed by atoms with Gasteiger partial charge in [-0.3, -0.25) is 4.90 Å². The third-order valence-electron chi connectivity index (χ3n) is 8.05. The van der Waals surface area contributed by atoms with Crippen LogP contribution in [0.3, 0.4) is 0 Å². The Labute approximate surface area is 228 Å². The maximum atomic E-state index is 10.3. The average Bonchev–Trinajstić information content (AvgIpc) is 3.23. The van der Waals surface area contributed by atoms with Gasteiger partial charge in [-0.05, 0) is 68.5 Å². The number of hydrogen-bond donors (Lipinski definition) is 2. The molecule has 9 nitrogen and oxygen atoms in total. The second-order valence-corrected chi connectivity index (χ2v) is 10.6. The van der Waals surface area contributed by atoms with Gasteiger partial charge >= 0.3 is 0 Å². The quantitative estimate of drug-likeness (QED) is 0.500. The fourth-order valence-electron chi connectivity index (χ4n) is 6.18. The van der Waals surface area contributed by atoms with Gasteiger partial charge in [0.15, 0.2) is 5.82 Å². The molecular weight excluding hydrogens is 488 g/mol. The number of phenolic OH excluding ortho intramolecular Hbond substituents is 1. The molecule has 198 valence electrons. The van der Waals surface area contributed by atoms with E-state index in [2.05, 4.69) is 59.9 Å². The third kappa shape index (κ3) is 5.19. The lowest BCUT2D eigenvalue weighted by molar-refractivity contribution is 0.222. The number of fused-ring (bicyclic) bond motifs is 2. The number of rotatable bonds is 4. The van der Waals surface area contributed by atoms with Crippen LogP contribution in [-0.4, -0.2) is 70.0 Å². The molecule has 0 amide bonds. The van der Waals surface area contributed by atoms with Crippen molar-refractivity contribution in [3.05, 3.63) is 54.4 Å². The van der Waals surface area contributed by atoms with E-state index in [0.717, 1.165) is 68.9 Å². The van der Waals surface area contributed by atoms with Crippen LogP contribution < -0.4 is 15.5 Å². The van der Waals surface area contributed by atoms with Crippen molar-refractivity contribution in [1.29, 1.82) is 5.26 Å². The highest BCUT2D eigenvalue weighted by Crippen LogP contribution is 2.39. The topological polar surface area (TPSA) is 118 Å². The monoisotopic (exact) mass is 520 g/mol. The number of likely N-dealkylation sites (tertiary alicyclic amines) is 1. The lowest BCUT2D eigenvalue weighted by Crippen LogP contribution is -2.54. The molecule has 3 unspecified atom stereocenters. The van der Waals surface area contributed by atoms with Crippen LogP contribution in [-0.2, 0) is 0 Å². The Kier molecular flexibility index (Phi) is 6.91. The van der Waals surface area contributed by atoms with Gasteiger partial charge in [-0.15, -0.1) is 10.2 Å². The van der Waals surface area contributed by atoms with Gasteiger partial charge in [0.05, 0.1) is 29.9 Å². The number of hydrogen-bond acceptors (Lipinski definition) is 9. The van der Waals surface area contributed by atoms with Crippen LogP contribution in [0, 0.1) is 29.1 Å². The zero-order chi connectivity index (χ0) is 26.8. The van der Waals surface area contributed by atoms with Crippen molar-refractivity contribution >= 4 is 17.2 Å². The lowest BCUT2D eigenvalue weighted by atomic mass is 10.00. The Morgan fingerprint density at radius 2 is 1.85 bits per heavy atom. The summed E-state index contributed by atoms with van der Waals surface area (Å²) in [6.07, 6.45) is 6.09. The molecule has 3 saturated heterocycles. The van der Waals surface area contributed by atoms with E-state index >= 15 is 0 Å². The number of piperidine rings is 1. The van der Waals surface area contributed by atoms with Crippen molar-refractivity contribution in [2.45, 2.75) is 37.8 Å². The molecule has 6 rings (SSSR count). The van der Waals surface area contributed by atoms with E-state index in [1.54, 1.807) is 12.1 Å². The van der Waals surface area contributed by atoms with E-state index in [1.165, 1.54) is 0 Å². The molecule has 2 bridgehead atoms. The van der Waals surface area contributed by atoms with Crippen molar-refractivity contribution in [2.75, 3.05) is 48.3 Å². The van der Waals surface area contributed by atoms with Gasteiger partial charge in [-0.25, -0.2) is 4.98 Å². The van der Waals surface area contributed by atoms with Crippen LogP contribution in [0.4, 0.5) is 17.2 Å². The first-order valence-corrected chi connectivity index (χ1v) is 13.6. The molecule has 0 saturated carbocycles. The van der Waals surface area contributed by atoms with Gasteiger partial charge in [0.25, 0.3) is 0 Å². The van der Waals surface area contributed by atoms with Crippen LogP contribution in [0.15, 0.2) is 48.7 Å². The number of nitrogens with zero attached hydrogens (tertiary/aromatic N) is 7. The molecule has 3 aliphatic heterocycles. The summed E-state index contributed by atoms with van der Waals surface area (Å²) in [5.41, 5.74) is 10.3. The first kappa shape index (κ1) is 25.0. The lowest BCUT2D eigenvalue weighted by Gasteiger charge is -2.43. The molecule has 1 aromatic carbocycles. The Balaban J connectivity index is 1.17. The Bertz CT molecular complexity index is 1440. The zero-order valence-electron chi connectivity index (χ0n) is 21.9. The van der Waals surface area contributed by atoms with E-state index in [-0.39, 0.29) is 11.7 Å². The predicted molar refractivity (Wildman–Crippen MR) is 151 cm³/mol. The molecule has 0 spiro atoms. The number of nitrogens with two attached hydrogens (primary N) is 1. The second kappa shape index (κ2) is 10.8. The number of piperazine rings is 1. The van der Waals surface area contributed by atoms with Crippen LogP contribution in [0.1, 0.15) is 31.4 Å². The molecule has 3 N–H and O–H groups in total. The minimum atomic E-state index is 0.117. The minimum Gasteiger partial charge on any atom is -0.507 e. The number of aromatic hydroxyl groups is 1. The van der Waals surface area contributed by atoms with E-state index in [0.29, 0.717) is 35.7 Å². The van der Waals surface area contributed by atoms with Crippen LogP contribution in [0.5, 0.6) is 5.75 Å². The second-order valence-electron chi connectivity index (χ2n) is 10.6. The molecule has 0 radical (unpaired) electrons. The van der Waals surface area contributed by atoms with Crippen molar-refractivity contribution in [3.8, 4) is 34.9 Å². The van der Waals surface area contributed by atoms with Gasteiger partial charge in [-0.1, -0.05) is 18.1 Å². The summed E-state index contributed by atoms with van der Waals surface area (Å²) in [6.45, 7) is 4.12. The first-order chi connectivity index (χ1) is 19.1. The summed E-state index contributed by atoms with van der Waals surface area (Å²) >= 11 is 0. The largest absolute Gasteiger partial charge is 0.507 e. The smallest absolute Gasteiger partial charge is 0.169 e. The highest BCUT2D eigenvalue weighted by molar-refractivity contribution is 5.74. The summed E-state index contributed by atoms with van der Waals surface area (Å²) in [5, 5.41) is 28.0. The van der Waals surface area contributed by atoms with Gasteiger partial charge in [-0.2, -0.15) is 5.26 Å². The summed E-state index contributed by atoms with van der Waals surface area (Å²) < 4.78 is 0. The molecule has 3 atom stereocenters. The summed E-state index contributed by atoms with van der Waals surface area (Å²) in [5.74, 6) is 7.21. The van der Waals surface area contributed by atoms with Crippen molar-refractivity contribution in [3.63, 3.8) is 0 Å². The number of benzene rings is 1. The van der Waals surface area contributed by atoms with Crippen LogP contribution >= 0.6 is 0 Å². The number of phenols is 1. The first-order valence-electron chi connectivity index (χ1n) is 13.6. The third-order valence-corrected chi connectivity index (χ3v) is 8.05. The molecule has 3 aromatic rings. The molecule has 5 heterocycles. The number of nitriles is 1. The summed E-state index contributed by atoms with van der Waals surface area (Å²) in [6, 6.07) is 16.3. The van der Waals surface area contributed by atoms with Crippen LogP contribution in [0.2, 0.25) is 0 Å². The van der Waals surface area contributed by atoms with Gasteiger partial charge in [0, 0.05) is 49.2 Å². The maximum absolute atomic E-state index is 10.3. The number of nitrogen functional groups attached to an aromatic ring is 1. The fraction of sp³-hybridized carbons (Fsp3) is 0.400. The Morgan fingerprint density at radius 1 is 1.03 bits per heavy atom. The molecule has 3 fully saturated rings. The van der Waals surface area contributed by atoms with E-state index in [1.807, 2.05) is 24.4 Å². The SMILES string of the molecule is N#CC1CCCN(CC#Cc2cc(N3C4CCC3CN(c3cc(-c5ccccc5O)nnc3N)C4)ccn2)C1. The van der Waals surface area contributed by atoms with Gasteiger partial charge in [0.1, 0.15) is 11.4 Å². The minimum absolute atomic E-state index is 0.117. The molecule has 9 heteroatoms. The predicted octanol–water partition coefficient (Wildman–Crippen LogP) is 3.27. The fourth-order valence-corrected chi connectivity index (χ4v) is 6.18. The normalized spacial score (nSPS) is 22.7. The number of anilines is 3. The van der Waals surface area contributed by atoms with Crippen molar-refractivity contribution in [1.82, 2.24) is 20.1 Å². The van der Waals surface area contributed by atoms with Crippen LogP contribution in [0.25, 0.3) is 11.3 Å². The van der Waals surface area contributed by atoms with Crippen molar-refractivity contribution in [2.24, 2.45) is 5.92 Å². The standard InChI is InChI=1S/C30H32N8O/c31-17-21-5-3-13-36(18-21)14-4-6-22-15-23(11-12-33-22)38-24-9-10-25(38)20-37(19-24)28-16-27(34-35-30(28)32)26-7-1-2-8-29(26)39/h1-2,7-8,11-12,15-16,21,24-25,39H,3,5,9-10,13-14,18-20H2,(H2,32,35). The highest BCUT2D eigenvalue weighted by Gasteiger charge is 2.40. The molecule has 39 heavy (non-hydrogen) atoms. The molecule has 3 aliphatic rings. The molecular formula is C30H32N8O. The maximum Gasteiger partial charge on any atom is 0.169 e. The van der Waals surface area contributed by atoms with Crippen molar-refractivity contribution < 1.29 is 5.11 Å². The van der Waals surface area contributed by atoms with E-state index in [9.17, 15) is 10.4 Å². The Hall–Kier alpha value is -4.34. The van der Waals surface area contributed by atoms with Gasteiger partial charge < -0.3 is 20.6 Å². The number of pyridine rings is 1. The number of para-hydroxylation sites is 1. The van der Waals surface area contributed by atoms with E-state index < -0.39 is 0 Å². The Morgan fingerprint density at radius 3 is 2.64 bits per heavy atom. The highest BCUT2D eigenvalue weighted by atomic mass is 16.3. The molecule has 0 aliphatic carbocycles. The molecule has 2 aromatic heterocycles.